The molecule has 5 atom stereocenters. The Kier molecular flexibility index (Phi) is 9.07. The molecule has 1 amide bonds. The van der Waals surface area contributed by atoms with Gasteiger partial charge in [0.15, 0.2) is 17.3 Å². The predicted molar refractivity (Wildman–Crippen MR) is 179 cm³/mol. The number of amides is 1. The molecule has 2 heterocycles. The maximum atomic E-state index is 14.2. The normalized spacial score (nSPS) is 27.1. The molecule has 3 fully saturated rings. The van der Waals surface area contributed by atoms with Gasteiger partial charge in [-0.2, -0.15) is 0 Å². The second-order valence-electron chi connectivity index (χ2n) is 14.8. The number of aromatic hydroxyl groups is 1. The molecular weight excluding hydrogens is 592 g/mol. The van der Waals surface area contributed by atoms with Crippen LogP contribution in [0.25, 0.3) is 0 Å². The number of unbranched alkanes of at least 4 members (excludes halogenated alkanes) is 3. The molecule has 252 valence electrons. The number of benzene rings is 2. The highest BCUT2D eigenvalue weighted by molar-refractivity contribution is 5.96. The van der Waals surface area contributed by atoms with Gasteiger partial charge in [-0.05, 0) is 76.2 Å². The number of Topliss-reactive ketones (excluding diaryl/α,β-unsaturated/α-hetero) is 1. The average molecular weight is 643 g/mol. The summed E-state index contributed by atoms with van der Waals surface area (Å²) in [5.74, 6) is 2.02. The van der Waals surface area contributed by atoms with Crippen molar-refractivity contribution in [3.8, 4) is 17.2 Å². The Labute approximate surface area is 278 Å². The number of nitrogens with zero attached hydrogens (tertiary/aromatic N) is 2. The van der Waals surface area contributed by atoms with Crippen molar-refractivity contribution >= 4 is 17.7 Å². The largest absolute Gasteiger partial charge is 0.508 e. The summed E-state index contributed by atoms with van der Waals surface area (Å²) in [6.45, 7) is 6.33. The van der Waals surface area contributed by atoms with E-state index in [1.165, 1.54) is 19.8 Å². The monoisotopic (exact) mass is 642 g/mol. The number of carbonyl (C=O) groups excluding carboxylic acids is 3. The van der Waals surface area contributed by atoms with E-state index in [0.29, 0.717) is 55.7 Å². The van der Waals surface area contributed by atoms with Gasteiger partial charge in [0.25, 0.3) is 0 Å². The molecule has 47 heavy (non-hydrogen) atoms. The van der Waals surface area contributed by atoms with Crippen LogP contribution < -0.4 is 9.47 Å². The van der Waals surface area contributed by atoms with Crippen molar-refractivity contribution in [1.82, 2.24) is 9.80 Å². The van der Waals surface area contributed by atoms with Gasteiger partial charge in [-0.15, -0.1) is 0 Å². The number of phenols is 1. The third-order valence-electron chi connectivity index (χ3n) is 11.8. The number of likely N-dealkylation sites (tertiary alicyclic amines) is 1. The van der Waals surface area contributed by atoms with Crippen LogP contribution in [0.2, 0.25) is 0 Å². The van der Waals surface area contributed by atoms with Gasteiger partial charge in [0.2, 0.25) is 5.91 Å². The maximum absolute atomic E-state index is 14.2. The first kappa shape index (κ1) is 32.2. The van der Waals surface area contributed by atoms with E-state index >= 15 is 0 Å². The first-order valence-electron chi connectivity index (χ1n) is 18.2. The van der Waals surface area contributed by atoms with Crippen molar-refractivity contribution in [3.05, 3.63) is 53.1 Å². The van der Waals surface area contributed by atoms with Gasteiger partial charge in [-0.3, -0.25) is 19.3 Å². The minimum Gasteiger partial charge on any atom is -0.508 e. The molecule has 8 heteroatoms. The Bertz CT molecular complexity index is 1500. The SMILES string of the molecule is CCCCCN(C(=O)CCCCC(=O)c1ccccc1)[C@@H]1CC[C@H]2[C@H]3Cc4c(O)cc(OC(C)=O)c5c4[C@@]2(CCN3CC2CC2)[C@H]1O5. The lowest BCUT2D eigenvalue weighted by Crippen LogP contribution is -2.69. The van der Waals surface area contributed by atoms with E-state index < -0.39 is 5.97 Å². The van der Waals surface area contributed by atoms with Crippen LogP contribution >= 0.6 is 0 Å². The lowest BCUT2D eigenvalue weighted by Gasteiger charge is -2.60. The van der Waals surface area contributed by atoms with E-state index in [1.807, 2.05) is 30.3 Å². The highest BCUT2D eigenvalue weighted by atomic mass is 16.6. The van der Waals surface area contributed by atoms with Gasteiger partial charge in [-0.1, -0.05) is 50.1 Å². The van der Waals surface area contributed by atoms with E-state index in [1.54, 1.807) is 6.07 Å². The summed E-state index contributed by atoms with van der Waals surface area (Å²) in [7, 11) is 0. The second kappa shape index (κ2) is 13.3. The molecule has 7 rings (SSSR count). The molecular formula is C39H50N2O6. The molecule has 1 spiro atoms. The zero-order valence-corrected chi connectivity index (χ0v) is 28.0. The highest BCUT2D eigenvalue weighted by Crippen LogP contribution is 2.66. The third kappa shape index (κ3) is 5.96. The number of ketones is 1. The van der Waals surface area contributed by atoms with Gasteiger partial charge < -0.3 is 19.5 Å². The topological polar surface area (TPSA) is 96.4 Å². The number of ether oxygens (including phenoxy) is 2. The van der Waals surface area contributed by atoms with Crippen molar-refractivity contribution in [2.24, 2.45) is 11.8 Å². The van der Waals surface area contributed by atoms with E-state index in [2.05, 4.69) is 16.7 Å². The first-order valence-corrected chi connectivity index (χ1v) is 18.2. The molecule has 2 saturated carbocycles. The molecule has 5 aliphatic rings. The molecule has 2 aromatic carbocycles. The summed E-state index contributed by atoms with van der Waals surface area (Å²) in [5.41, 5.74) is 2.36. The number of phenolic OH excluding ortho intramolecular Hbond substituents is 1. The number of hydrogen-bond donors (Lipinski definition) is 1. The van der Waals surface area contributed by atoms with Crippen LogP contribution in [0, 0.1) is 11.8 Å². The Morgan fingerprint density at radius 2 is 1.83 bits per heavy atom. The second-order valence-corrected chi connectivity index (χ2v) is 14.8. The van der Waals surface area contributed by atoms with E-state index in [0.717, 1.165) is 80.6 Å². The molecule has 3 aliphatic carbocycles. The fourth-order valence-electron chi connectivity index (χ4n) is 9.54. The van der Waals surface area contributed by atoms with Crippen LogP contribution in [0.3, 0.4) is 0 Å². The lowest BCUT2D eigenvalue weighted by atomic mass is 9.50. The summed E-state index contributed by atoms with van der Waals surface area (Å²) in [6, 6.07) is 11.2. The van der Waals surface area contributed by atoms with E-state index in [-0.39, 0.29) is 35.0 Å². The average Bonchev–Trinajstić information content (AvgIpc) is 3.82. The quantitative estimate of drug-likeness (QED) is 0.107. The smallest absolute Gasteiger partial charge is 0.308 e. The van der Waals surface area contributed by atoms with Crippen LogP contribution in [0.15, 0.2) is 36.4 Å². The Hall–Kier alpha value is -3.39. The number of piperidine rings is 1. The molecule has 1 saturated heterocycles. The Balaban J connectivity index is 1.17. The summed E-state index contributed by atoms with van der Waals surface area (Å²) < 4.78 is 12.7. The third-order valence-corrected chi connectivity index (χ3v) is 11.8. The summed E-state index contributed by atoms with van der Waals surface area (Å²) in [4.78, 5) is 43.8. The van der Waals surface area contributed by atoms with E-state index in [9.17, 15) is 19.5 Å². The van der Waals surface area contributed by atoms with Gasteiger partial charge in [0.05, 0.1) is 6.04 Å². The standard InChI is InChI=1S/C39H50N2O6/c1-3-4-10-20-41(35(45)14-9-8-13-32(43)27-11-6-5-7-12-27)30-18-17-29-31-22-28-33(44)23-34(46-25(2)42)37-36(28)39(29,38(30)47-37)19-21-40(31)24-26-15-16-26/h5-7,11-12,23,26,29-31,38,44H,3-4,8-10,13-22,24H2,1-2H3/t29-,30+,31+,38-,39-/m0/s1. The van der Waals surface area contributed by atoms with Gasteiger partial charge in [0, 0.05) is 67.1 Å². The van der Waals surface area contributed by atoms with Crippen LogP contribution in [-0.2, 0) is 21.4 Å². The fraction of sp³-hybridized carbons (Fsp3) is 0.615. The molecule has 0 radical (unpaired) electrons. The summed E-state index contributed by atoms with van der Waals surface area (Å²) >= 11 is 0. The van der Waals surface area contributed by atoms with Gasteiger partial charge in [0.1, 0.15) is 11.9 Å². The zero-order chi connectivity index (χ0) is 32.7. The molecule has 2 aromatic rings. The molecule has 0 unspecified atom stereocenters. The van der Waals surface area contributed by atoms with Crippen LogP contribution in [-0.4, -0.2) is 70.4 Å². The highest BCUT2D eigenvalue weighted by Gasteiger charge is 2.67. The first-order chi connectivity index (χ1) is 22.8. The van der Waals surface area contributed by atoms with Crippen LogP contribution in [0.4, 0.5) is 0 Å². The van der Waals surface area contributed by atoms with Crippen molar-refractivity contribution in [2.45, 2.75) is 121 Å². The lowest BCUT2D eigenvalue weighted by molar-refractivity contribution is -0.143. The minimum atomic E-state index is -0.445. The summed E-state index contributed by atoms with van der Waals surface area (Å²) in [5, 5.41) is 11.4. The van der Waals surface area contributed by atoms with Crippen molar-refractivity contribution in [3.63, 3.8) is 0 Å². The van der Waals surface area contributed by atoms with Crippen LogP contribution in [0.5, 0.6) is 17.2 Å². The van der Waals surface area contributed by atoms with Crippen molar-refractivity contribution < 1.29 is 29.0 Å². The summed E-state index contributed by atoms with van der Waals surface area (Å²) in [6.07, 6.45) is 11.1. The fourth-order valence-corrected chi connectivity index (χ4v) is 9.54. The maximum Gasteiger partial charge on any atom is 0.308 e. The van der Waals surface area contributed by atoms with Gasteiger partial charge in [-0.25, -0.2) is 0 Å². The number of rotatable bonds is 14. The molecule has 2 aliphatic heterocycles. The number of esters is 1. The molecule has 1 N–H and O–H groups in total. The van der Waals surface area contributed by atoms with Gasteiger partial charge >= 0.3 is 5.97 Å². The molecule has 2 bridgehead atoms. The molecule has 0 aromatic heterocycles. The Morgan fingerprint density at radius 3 is 2.57 bits per heavy atom. The van der Waals surface area contributed by atoms with Crippen molar-refractivity contribution in [1.29, 1.82) is 0 Å². The Morgan fingerprint density at radius 1 is 1.04 bits per heavy atom. The van der Waals surface area contributed by atoms with E-state index in [4.69, 9.17) is 9.47 Å². The van der Waals surface area contributed by atoms with Crippen LogP contribution in [0.1, 0.15) is 112 Å². The number of carbonyl (C=O) groups is 3. The predicted octanol–water partition coefficient (Wildman–Crippen LogP) is 6.60. The number of hydrogen-bond acceptors (Lipinski definition) is 7. The minimum absolute atomic E-state index is 0.108. The zero-order valence-electron chi connectivity index (χ0n) is 28.0. The van der Waals surface area contributed by atoms with Crippen molar-refractivity contribution in [2.75, 3.05) is 19.6 Å². The molecule has 8 nitrogen and oxygen atoms in total.